The standard InChI is InChI=1S/C30H28N4O6/c1-19(35)31-21-8-12-24(13-9-21)34-28(37)25-14-5-20(17-26(25)29(34)38)30(39)40-18-27(36)32-22-6-10-23(11-7-22)33-15-3-2-4-16-33/h5-14,17H,2-4,15-16,18H2,1H3,(H,31,35)(H,32,36). The first kappa shape index (κ1) is 26.6. The van der Waals surface area contributed by atoms with Crippen molar-refractivity contribution in [2.24, 2.45) is 0 Å². The summed E-state index contributed by atoms with van der Waals surface area (Å²) in [6.45, 7) is 2.91. The molecule has 10 heteroatoms. The lowest BCUT2D eigenvalue weighted by atomic mass is 10.1. The van der Waals surface area contributed by atoms with Crippen LogP contribution in [0.5, 0.6) is 0 Å². The minimum atomic E-state index is -0.795. The van der Waals surface area contributed by atoms with E-state index in [1.807, 2.05) is 24.3 Å². The Morgan fingerprint density at radius 1 is 0.750 bits per heavy atom. The van der Waals surface area contributed by atoms with Crippen LogP contribution >= 0.6 is 0 Å². The Kier molecular flexibility index (Phi) is 7.59. The highest BCUT2D eigenvalue weighted by Gasteiger charge is 2.37. The molecule has 40 heavy (non-hydrogen) atoms. The number of nitrogens with zero attached hydrogens (tertiary/aromatic N) is 2. The van der Waals surface area contributed by atoms with E-state index >= 15 is 0 Å². The van der Waals surface area contributed by atoms with Gasteiger partial charge < -0.3 is 20.3 Å². The summed E-state index contributed by atoms with van der Waals surface area (Å²) >= 11 is 0. The predicted molar refractivity (Wildman–Crippen MR) is 150 cm³/mol. The Bertz CT molecular complexity index is 1480. The molecule has 0 spiro atoms. The third kappa shape index (κ3) is 5.70. The number of hydrogen-bond acceptors (Lipinski definition) is 7. The van der Waals surface area contributed by atoms with Crippen LogP contribution in [0.15, 0.2) is 66.7 Å². The number of piperidine rings is 1. The van der Waals surface area contributed by atoms with E-state index in [0.29, 0.717) is 17.1 Å². The third-order valence-electron chi connectivity index (χ3n) is 6.77. The van der Waals surface area contributed by atoms with E-state index < -0.39 is 30.3 Å². The van der Waals surface area contributed by atoms with Crippen molar-refractivity contribution in [3.63, 3.8) is 0 Å². The van der Waals surface area contributed by atoms with Gasteiger partial charge in [0.2, 0.25) is 5.91 Å². The molecule has 2 aliphatic heterocycles. The van der Waals surface area contributed by atoms with Gasteiger partial charge in [-0.2, -0.15) is 0 Å². The molecule has 1 fully saturated rings. The third-order valence-corrected chi connectivity index (χ3v) is 6.77. The average Bonchev–Trinajstić information content (AvgIpc) is 3.21. The van der Waals surface area contributed by atoms with Gasteiger partial charge in [-0.15, -0.1) is 0 Å². The molecule has 204 valence electrons. The first-order chi connectivity index (χ1) is 19.3. The summed E-state index contributed by atoms with van der Waals surface area (Å²) in [6.07, 6.45) is 3.59. The van der Waals surface area contributed by atoms with Gasteiger partial charge in [-0.25, -0.2) is 9.69 Å². The van der Waals surface area contributed by atoms with Gasteiger partial charge in [-0.3, -0.25) is 19.2 Å². The summed E-state index contributed by atoms with van der Waals surface area (Å²) in [5.74, 6) is -2.66. The minimum absolute atomic E-state index is 0.0430. The van der Waals surface area contributed by atoms with Crippen LogP contribution < -0.4 is 20.4 Å². The van der Waals surface area contributed by atoms with Crippen molar-refractivity contribution in [3.05, 3.63) is 83.4 Å². The molecular weight excluding hydrogens is 512 g/mol. The second-order valence-corrected chi connectivity index (χ2v) is 9.65. The van der Waals surface area contributed by atoms with Crippen molar-refractivity contribution in [2.75, 3.05) is 40.1 Å². The zero-order chi connectivity index (χ0) is 28.2. The first-order valence-corrected chi connectivity index (χ1v) is 13.0. The van der Waals surface area contributed by atoms with Gasteiger partial charge in [-0.1, -0.05) is 0 Å². The van der Waals surface area contributed by atoms with Crippen LogP contribution in [0.25, 0.3) is 0 Å². The largest absolute Gasteiger partial charge is 0.452 e. The van der Waals surface area contributed by atoms with Crippen LogP contribution in [0, 0.1) is 0 Å². The van der Waals surface area contributed by atoms with Crippen LogP contribution in [0.1, 0.15) is 57.3 Å². The molecule has 2 aliphatic rings. The fourth-order valence-corrected chi connectivity index (χ4v) is 4.82. The maximum atomic E-state index is 13.1. The summed E-state index contributed by atoms with van der Waals surface area (Å²) in [6, 6.07) is 17.8. The number of benzene rings is 3. The quantitative estimate of drug-likeness (QED) is 0.339. The highest BCUT2D eigenvalue weighted by molar-refractivity contribution is 6.34. The Hall–Kier alpha value is -4.99. The molecule has 0 unspecified atom stereocenters. The van der Waals surface area contributed by atoms with E-state index in [4.69, 9.17) is 4.74 Å². The Morgan fingerprint density at radius 2 is 1.35 bits per heavy atom. The monoisotopic (exact) mass is 540 g/mol. The first-order valence-electron chi connectivity index (χ1n) is 13.0. The van der Waals surface area contributed by atoms with Crippen molar-refractivity contribution in [1.82, 2.24) is 0 Å². The highest BCUT2D eigenvalue weighted by Crippen LogP contribution is 2.30. The Morgan fingerprint density at radius 3 is 2.00 bits per heavy atom. The number of amides is 4. The number of fused-ring (bicyclic) bond motifs is 1. The summed E-state index contributed by atoms with van der Waals surface area (Å²) < 4.78 is 5.16. The molecule has 4 amide bonds. The molecule has 3 aromatic rings. The van der Waals surface area contributed by atoms with E-state index in [-0.39, 0.29) is 22.6 Å². The molecule has 0 atom stereocenters. The number of nitrogens with one attached hydrogen (secondary N) is 2. The van der Waals surface area contributed by atoms with Gasteiger partial charge in [-0.05, 0) is 86.0 Å². The zero-order valence-corrected chi connectivity index (χ0v) is 21.9. The van der Waals surface area contributed by atoms with Gasteiger partial charge in [0.15, 0.2) is 6.61 Å². The number of carbonyl (C=O) groups is 5. The number of ether oxygens (including phenoxy) is 1. The van der Waals surface area contributed by atoms with Crippen LogP contribution in [0.4, 0.5) is 22.7 Å². The maximum absolute atomic E-state index is 13.1. The van der Waals surface area contributed by atoms with Gasteiger partial charge in [0.1, 0.15) is 0 Å². The fourth-order valence-electron chi connectivity index (χ4n) is 4.82. The molecule has 0 radical (unpaired) electrons. The van der Waals surface area contributed by atoms with Crippen molar-refractivity contribution in [1.29, 1.82) is 0 Å². The topological polar surface area (TPSA) is 125 Å². The summed E-state index contributed by atoms with van der Waals surface area (Å²) in [5.41, 5.74) is 2.80. The highest BCUT2D eigenvalue weighted by atomic mass is 16.5. The number of esters is 1. The molecule has 2 heterocycles. The average molecular weight is 541 g/mol. The molecule has 0 aliphatic carbocycles. The second-order valence-electron chi connectivity index (χ2n) is 9.65. The van der Waals surface area contributed by atoms with Crippen molar-refractivity contribution >= 4 is 52.3 Å². The van der Waals surface area contributed by atoms with Crippen LogP contribution in [-0.2, 0) is 14.3 Å². The molecule has 3 aromatic carbocycles. The van der Waals surface area contributed by atoms with Gasteiger partial charge in [0.05, 0.1) is 22.4 Å². The molecule has 0 bridgehead atoms. The fraction of sp³-hybridized carbons (Fsp3) is 0.233. The van der Waals surface area contributed by atoms with Crippen LogP contribution in [-0.4, -0.2) is 49.3 Å². The summed E-state index contributed by atoms with van der Waals surface area (Å²) in [5, 5.41) is 5.33. The molecule has 0 aromatic heterocycles. The molecule has 0 saturated carbocycles. The van der Waals surface area contributed by atoms with Gasteiger partial charge in [0, 0.05) is 37.1 Å². The second kappa shape index (κ2) is 11.4. The number of imide groups is 1. The SMILES string of the molecule is CC(=O)Nc1ccc(N2C(=O)c3ccc(C(=O)OCC(=O)Nc4ccc(N5CCCCC5)cc4)cc3C2=O)cc1. The molecule has 1 saturated heterocycles. The van der Waals surface area contributed by atoms with Crippen molar-refractivity contribution in [2.45, 2.75) is 26.2 Å². The summed E-state index contributed by atoms with van der Waals surface area (Å²) in [7, 11) is 0. The molecule has 10 nitrogen and oxygen atoms in total. The lowest BCUT2D eigenvalue weighted by molar-refractivity contribution is -0.119. The number of anilines is 4. The van der Waals surface area contributed by atoms with E-state index in [1.165, 1.54) is 44.4 Å². The molecule has 5 rings (SSSR count). The number of rotatable bonds is 7. The van der Waals surface area contributed by atoms with Crippen LogP contribution in [0.3, 0.4) is 0 Å². The minimum Gasteiger partial charge on any atom is -0.452 e. The van der Waals surface area contributed by atoms with Gasteiger partial charge in [0.25, 0.3) is 17.7 Å². The smallest absolute Gasteiger partial charge is 0.338 e. The zero-order valence-electron chi connectivity index (χ0n) is 21.9. The van der Waals surface area contributed by atoms with Gasteiger partial charge >= 0.3 is 5.97 Å². The van der Waals surface area contributed by atoms with Crippen molar-refractivity contribution in [3.8, 4) is 0 Å². The maximum Gasteiger partial charge on any atom is 0.338 e. The Labute approximate surface area is 230 Å². The van der Waals surface area contributed by atoms with E-state index in [9.17, 15) is 24.0 Å². The Balaban J connectivity index is 1.18. The summed E-state index contributed by atoms with van der Waals surface area (Å²) in [4.78, 5) is 65.5. The molecular formula is C30H28N4O6. The van der Waals surface area contributed by atoms with E-state index in [2.05, 4.69) is 15.5 Å². The van der Waals surface area contributed by atoms with E-state index in [0.717, 1.165) is 23.7 Å². The number of carbonyl (C=O) groups excluding carboxylic acids is 5. The number of hydrogen-bond donors (Lipinski definition) is 2. The lowest BCUT2D eigenvalue weighted by Gasteiger charge is -2.28. The normalized spacial score (nSPS) is 14.5. The van der Waals surface area contributed by atoms with Crippen LogP contribution in [0.2, 0.25) is 0 Å². The van der Waals surface area contributed by atoms with Crippen molar-refractivity contribution < 1.29 is 28.7 Å². The van der Waals surface area contributed by atoms with E-state index in [1.54, 1.807) is 24.3 Å². The molecule has 2 N–H and O–H groups in total. The predicted octanol–water partition coefficient (Wildman–Crippen LogP) is 4.23. The lowest BCUT2D eigenvalue weighted by Crippen LogP contribution is -2.29.